The van der Waals surface area contributed by atoms with Gasteiger partial charge in [0.1, 0.15) is 5.82 Å². The third-order valence-corrected chi connectivity index (χ3v) is 4.68. The largest absolute Gasteiger partial charge is 0.339 e. The van der Waals surface area contributed by atoms with Gasteiger partial charge in [0.25, 0.3) is 0 Å². The maximum Gasteiger partial charge on any atom is 0.230 e. The van der Waals surface area contributed by atoms with Gasteiger partial charge in [0.2, 0.25) is 11.7 Å². The molecule has 20 heavy (non-hydrogen) atoms. The van der Waals surface area contributed by atoms with Crippen molar-refractivity contribution in [2.75, 3.05) is 0 Å². The van der Waals surface area contributed by atoms with Gasteiger partial charge in [-0.1, -0.05) is 11.2 Å². The van der Waals surface area contributed by atoms with Gasteiger partial charge in [0, 0.05) is 17.5 Å². The molecule has 0 bridgehead atoms. The molecule has 0 amide bonds. The van der Waals surface area contributed by atoms with E-state index in [-0.39, 0.29) is 17.8 Å². The third kappa shape index (κ3) is 1.77. The molecule has 2 fully saturated rings. The van der Waals surface area contributed by atoms with Crippen LogP contribution in [0.15, 0.2) is 22.7 Å². The summed E-state index contributed by atoms with van der Waals surface area (Å²) in [7, 11) is 0. The Bertz CT molecular complexity index is 669. The Balaban J connectivity index is 1.67. The van der Waals surface area contributed by atoms with Crippen molar-refractivity contribution < 1.29 is 8.91 Å². The predicted molar refractivity (Wildman–Crippen MR) is 71.4 cm³/mol. The SMILES string of the molecule is Cc1ccc(F)cc1-c1noc([C@@H]2C[C@H](N)[C@H]3C[C@H]32)n1. The molecule has 4 nitrogen and oxygen atoms in total. The highest BCUT2D eigenvalue weighted by molar-refractivity contribution is 5.59. The lowest BCUT2D eigenvalue weighted by molar-refractivity contribution is 0.341. The summed E-state index contributed by atoms with van der Waals surface area (Å²) in [5.74, 6) is 2.35. The Labute approximate surface area is 116 Å². The average Bonchev–Trinajstić information content (AvgIpc) is 2.95. The van der Waals surface area contributed by atoms with Gasteiger partial charge in [0.15, 0.2) is 0 Å². The molecule has 2 saturated carbocycles. The first-order valence-corrected chi connectivity index (χ1v) is 6.99. The van der Waals surface area contributed by atoms with Crippen molar-refractivity contribution in [2.45, 2.75) is 31.7 Å². The molecule has 2 N–H and O–H groups in total. The van der Waals surface area contributed by atoms with Crippen LogP contribution < -0.4 is 5.73 Å². The zero-order valence-electron chi connectivity index (χ0n) is 11.2. The van der Waals surface area contributed by atoms with Crippen molar-refractivity contribution >= 4 is 0 Å². The van der Waals surface area contributed by atoms with Crippen LogP contribution in [0.5, 0.6) is 0 Å². The summed E-state index contributed by atoms with van der Waals surface area (Å²) in [6.07, 6.45) is 2.08. The van der Waals surface area contributed by atoms with Gasteiger partial charge in [0.05, 0.1) is 0 Å². The van der Waals surface area contributed by atoms with Gasteiger partial charge in [-0.2, -0.15) is 4.98 Å². The van der Waals surface area contributed by atoms with Crippen LogP contribution in [0, 0.1) is 24.6 Å². The molecule has 1 aromatic heterocycles. The molecule has 2 aromatic rings. The molecule has 5 heteroatoms. The van der Waals surface area contributed by atoms with E-state index in [9.17, 15) is 4.39 Å². The van der Waals surface area contributed by atoms with Gasteiger partial charge >= 0.3 is 0 Å². The van der Waals surface area contributed by atoms with Gasteiger partial charge in [-0.25, -0.2) is 4.39 Å². The van der Waals surface area contributed by atoms with Crippen molar-refractivity contribution in [1.29, 1.82) is 0 Å². The first kappa shape index (κ1) is 12.0. The Hall–Kier alpha value is -1.75. The van der Waals surface area contributed by atoms with Crippen molar-refractivity contribution in [3.8, 4) is 11.4 Å². The fourth-order valence-corrected chi connectivity index (χ4v) is 3.45. The molecule has 0 aliphatic heterocycles. The predicted octanol–water partition coefficient (Wildman–Crippen LogP) is 2.63. The van der Waals surface area contributed by atoms with E-state index in [1.54, 1.807) is 6.07 Å². The van der Waals surface area contributed by atoms with Crippen molar-refractivity contribution in [1.82, 2.24) is 10.1 Å². The summed E-state index contributed by atoms with van der Waals surface area (Å²) in [5.41, 5.74) is 7.70. The fourth-order valence-electron chi connectivity index (χ4n) is 3.45. The number of aromatic nitrogens is 2. The summed E-state index contributed by atoms with van der Waals surface area (Å²) < 4.78 is 18.8. The fraction of sp³-hybridized carbons (Fsp3) is 0.467. The number of benzene rings is 1. The van der Waals surface area contributed by atoms with E-state index >= 15 is 0 Å². The smallest absolute Gasteiger partial charge is 0.230 e. The van der Waals surface area contributed by atoms with Crippen LogP contribution >= 0.6 is 0 Å². The molecule has 4 atom stereocenters. The molecule has 2 aliphatic carbocycles. The van der Waals surface area contributed by atoms with Gasteiger partial charge in [-0.3, -0.25) is 0 Å². The number of nitrogens with zero attached hydrogens (tertiary/aromatic N) is 2. The normalized spacial score (nSPS) is 31.4. The highest BCUT2D eigenvalue weighted by atomic mass is 19.1. The molecule has 0 unspecified atom stereocenters. The number of hydrogen-bond acceptors (Lipinski definition) is 4. The number of fused-ring (bicyclic) bond motifs is 1. The summed E-state index contributed by atoms with van der Waals surface area (Å²) >= 11 is 0. The van der Waals surface area contributed by atoms with E-state index in [1.807, 2.05) is 6.92 Å². The molecule has 1 aromatic carbocycles. The summed E-state index contributed by atoms with van der Waals surface area (Å²) in [4.78, 5) is 4.48. The lowest BCUT2D eigenvalue weighted by atomic mass is 10.0. The van der Waals surface area contributed by atoms with E-state index in [0.717, 1.165) is 12.0 Å². The van der Waals surface area contributed by atoms with Crippen molar-refractivity contribution in [3.63, 3.8) is 0 Å². The van der Waals surface area contributed by atoms with Gasteiger partial charge < -0.3 is 10.3 Å². The second kappa shape index (κ2) is 4.12. The minimum atomic E-state index is -0.290. The molecular formula is C15H16FN3O. The Morgan fingerprint density at radius 1 is 1.30 bits per heavy atom. The van der Waals surface area contributed by atoms with Crippen LogP contribution in [0.3, 0.4) is 0 Å². The van der Waals surface area contributed by atoms with E-state index in [1.165, 1.54) is 18.6 Å². The van der Waals surface area contributed by atoms with Crippen LogP contribution in [0.1, 0.15) is 30.2 Å². The minimum absolute atomic E-state index is 0.260. The standard InChI is InChI=1S/C15H16FN3O/c1-7-2-3-8(16)4-9(7)14-18-15(20-19-14)12-6-13(17)11-5-10(11)12/h2-4,10-13H,5-6,17H2,1H3/t10-,11+,12-,13+/m1/s1. The highest BCUT2D eigenvalue weighted by Crippen LogP contribution is 2.58. The Kier molecular flexibility index (Phi) is 2.48. The number of hydrogen-bond donors (Lipinski definition) is 1. The highest BCUT2D eigenvalue weighted by Gasteiger charge is 2.55. The van der Waals surface area contributed by atoms with E-state index in [4.69, 9.17) is 10.3 Å². The maximum absolute atomic E-state index is 13.4. The Morgan fingerprint density at radius 2 is 2.15 bits per heavy atom. The topological polar surface area (TPSA) is 64.9 Å². The molecule has 0 radical (unpaired) electrons. The zero-order chi connectivity index (χ0) is 13.9. The zero-order valence-corrected chi connectivity index (χ0v) is 11.2. The average molecular weight is 273 g/mol. The summed E-state index contributed by atoms with van der Waals surface area (Å²) in [6, 6.07) is 4.87. The Morgan fingerprint density at radius 3 is 2.85 bits per heavy atom. The quantitative estimate of drug-likeness (QED) is 0.913. The monoisotopic (exact) mass is 273 g/mol. The molecule has 0 saturated heterocycles. The first-order chi connectivity index (χ1) is 9.63. The third-order valence-electron chi connectivity index (χ3n) is 4.68. The summed E-state index contributed by atoms with van der Waals surface area (Å²) in [6.45, 7) is 1.91. The van der Waals surface area contributed by atoms with Crippen LogP contribution in [-0.4, -0.2) is 16.2 Å². The molecule has 4 rings (SSSR count). The second-order valence-electron chi connectivity index (χ2n) is 5.98. The maximum atomic E-state index is 13.4. The van der Waals surface area contributed by atoms with Crippen LogP contribution in [-0.2, 0) is 0 Å². The molecular weight excluding hydrogens is 257 g/mol. The van der Waals surface area contributed by atoms with E-state index in [0.29, 0.717) is 29.1 Å². The molecule has 0 spiro atoms. The van der Waals surface area contributed by atoms with Gasteiger partial charge in [-0.15, -0.1) is 0 Å². The number of nitrogens with two attached hydrogens (primary N) is 1. The van der Waals surface area contributed by atoms with E-state index < -0.39 is 0 Å². The second-order valence-corrected chi connectivity index (χ2v) is 5.98. The number of rotatable bonds is 2. The first-order valence-electron chi connectivity index (χ1n) is 6.99. The van der Waals surface area contributed by atoms with E-state index in [2.05, 4.69) is 10.1 Å². The van der Waals surface area contributed by atoms with Crippen molar-refractivity contribution in [3.05, 3.63) is 35.5 Å². The number of halogens is 1. The molecule has 1 heterocycles. The molecule has 2 aliphatic rings. The van der Waals surface area contributed by atoms with Gasteiger partial charge in [-0.05, 0) is 49.3 Å². The minimum Gasteiger partial charge on any atom is -0.339 e. The lowest BCUT2D eigenvalue weighted by Crippen LogP contribution is -2.19. The lowest BCUT2D eigenvalue weighted by Gasteiger charge is -2.07. The van der Waals surface area contributed by atoms with Crippen LogP contribution in [0.2, 0.25) is 0 Å². The summed E-state index contributed by atoms with van der Waals surface area (Å²) in [5, 5.41) is 4.02. The number of aryl methyl sites for hydroxylation is 1. The molecule has 104 valence electrons. The van der Waals surface area contributed by atoms with Crippen molar-refractivity contribution in [2.24, 2.45) is 17.6 Å². The van der Waals surface area contributed by atoms with Crippen LogP contribution in [0.25, 0.3) is 11.4 Å². The van der Waals surface area contributed by atoms with Crippen LogP contribution in [0.4, 0.5) is 4.39 Å².